The molecule has 0 heterocycles. The van der Waals surface area contributed by atoms with Crippen LogP contribution < -0.4 is 10.1 Å². The molecule has 1 N–H and O–H groups in total. The van der Waals surface area contributed by atoms with Crippen molar-refractivity contribution in [2.75, 3.05) is 6.54 Å². The molecule has 20 heavy (non-hydrogen) atoms. The van der Waals surface area contributed by atoms with E-state index in [1.165, 1.54) is 12.5 Å². The minimum Gasteiger partial charge on any atom is -0.490 e. The Morgan fingerprint density at radius 3 is 2.55 bits per heavy atom. The fourth-order valence-corrected chi connectivity index (χ4v) is 3.21. The van der Waals surface area contributed by atoms with Crippen LogP contribution in [0.25, 0.3) is 0 Å². The average Bonchev–Trinajstić information content (AvgIpc) is 2.38. The van der Waals surface area contributed by atoms with Crippen molar-refractivity contribution in [3.8, 4) is 5.75 Å². The Morgan fingerprint density at radius 2 is 1.90 bits per heavy atom. The Morgan fingerprint density at radius 1 is 1.20 bits per heavy atom. The summed E-state index contributed by atoms with van der Waals surface area (Å²) < 4.78 is 19.6. The van der Waals surface area contributed by atoms with Gasteiger partial charge in [0, 0.05) is 12.1 Å². The van der Waals surface area contributed by atoms with E-state index in [-0.39, 0.29) is 11.9 Å². The molecule has 1 aromatic rings. The molecule has 1 aromatic carbocycles. The molecule has 3 heteroatoms. The normalized spacial score (nSPS) is 26.5. The number of rotatable bonds is 5. The van der Waals surface area contributed by atoms with Crippen LogP contribution in [0.4, 0.5) is 4.39 Å². The van der Waals surface area contributed by atoms with Crippen LogP contribution in [0.1, 0.15) is 45.6 Å². The summed E-state index contributed by atoms with van der Waals surface area (Å²) in [6.07, 6.45) is 3.75. The molecule has 1 aliphatic carbocycles. The van der Waals surface area contributed by atoms with Crippen LogP contribution >= 0.6 is 0 Å². The monoisotopic (exact) mass is 279 g/mol. The Bertz CT molecular complexity index is 425. The number of halogens is 1. The van der Waals surface area contributed by atoms with Gasteiger partial charge in [0.05, 0.1) is 6.10 Å². The van der Waals surface area contributed by atoms with Crippen molar-refractivity contribution >= 4 is 0 Å². The van der Waals surface area contributed by atoms with Crippen LogP contribution in [0.3, 0.4) is 0 Å². The van der Waals surface area contributed by atoms with Crippen molar-refractivity contribution in [2.45, 2.75) is 52.7 Å². The third kappa shape index (κ3) is 4.20. The van der Waals surface area contributed by atoms with E-state index in [1.807, 2.05) is 6.92 Å². The quantitative estimate of drug-likeness (QED) is 0.874. The Labute approximate surface area is 121 Å². The zero-order valence-electron chi connectivity index (χ0n) is 12.8. The highest BCUT2D eigenvalue weighted by Crippen LogP contribution is 2.32. The van der Waals surface area contributed by atoms with Crippen LogP contribution in [-0.2, 0) is 6.54 Å². The van der Waals surface area contributed by atoms with Gasteiger partial charge in [0.2, 0.25) is 0 Å². The van der Waals surface area contributed by atoms with Gasteiger partial charge in [0.1, 0.15) is 11.6 Å². The van der Waals surface area contributed by atoms with Gasteiger partial charge in [-0.25, -0.2) is 4.39 Å². The van der Waals surface area contributed by atoms with E-state index in [0.717, 1.165) is 30.7 Å². The summed E-state index contributed by atoms with van der Waals surface area (Å²) >= 11 is 0. The number of nitrogens with one attached hydrogen (secondary N) is 1. The number of benzene rings is 1. The van der Waals surface area contributed by atoms with Gasteiger partial charge in [0.15, 0.2) is 0 Å². The van der Waals surface area contributed by atoms with E-state index in [1.54, 1.807) is 12.1 Å². The lowest BCUT2D eigenvalue weighted by Gasteiger charge is -2.32. The predicted octanol–water partition coefficient (Wildman–Crippen LogP) is 4.14. The number of hydrogen-bond donors (Lipinski definition) is 1. The van der Waals surface area contributed by atoms with E-state index < -0.39 is 0 Å². The lowest BCUT2D eigenvalue weighted by molar-refractivity contribution is 0.0998. The summed E-state index contributed by atoms with van der Waals surface area (Å²) in [6, 6.07) is 4.83. The molecule has 1 saturated carbocycles. The molecule has 2 atom stereocenters. The minimum atomic E-state index is -0.198. The average molecular weight is 279 g/mol. The standard InChI is InChI=1S/C17H26FNO/c1-4-19-11-14-10-15(18)5-6-17(14)20-16-8-12(2)7-13(3)9-16/h5-6,10,12-13,16,19H,4,7-9,11H2,1-3H3. The zero-order chi connectivity index (χ0) is 14.5. The van der Waals surface area contributed by atoms with Gasteiger partial charge in [0.25, 0.3) is 0 Å². The van der Waals surface area contributed by atoms with Crippen molar-refractivity contribution in [3.05, 3.63) is 29.6 Å². The van der Waals surface area contributed by atoms with E-state index in [9.17, 15) is 4.39 Å². The molecule has 2 unspecified atom stereocenters. The van der Waals surface area contributed by atoms with Crippen LogP contribution in [0.2, 0.25) is 0 Å². The molecule has 0 bridgehead atoms. The SMILES string of the molecule is CCNCc1cc(F)ccc1OC1CC(C)CC(C)C1. The summed E-state index contributed by atoms with van der Waals surface area (Å²) in [7, 11) is 0. The molecule has 1 aliphatic rings. The Hall–Kier alpha value is -1.09. The number of hydrogen-bond acceptors (Lipinski definition) is 2. The van der Waals surface area contributed by atoms with Crippen LogP contribution in [0, 0.1) is 17.7 Å². The van der Waals surface area contributed by atoms with Crippen molar-refractivity contribution in [1.29, 1.82) is 0 Å². The lowest BCUT2D eigenvalue weighted by atomic mass is 9.82. The fraction of sp³-hybridized carbons (Fsp3) is 0.647. The third-order valence-electron chi connectivity index (χ3n) is 4.02. The van der Waals surface area contributed by atoms with E-state index in [2.05, 4.69) is 19.2 Å². The highest BCUT2D eigenvalue weighted by atomic mass is 19.1. The zero-order valence-corrected chi connectivity index (χ0v) is 12.8. The van der Waals surface area contributed by atoms with Crippen LogP contribution in [-0.4, -0.2) is 12.6 Å². The Kier molecular flexibility index (Phi) is 5.41. The molecular formula is C17H26FNO. The molecule has 112 valence electrons. The largest absolute Gasteiger partial charge is 0.490 e. The highest BCUT2D eigenvalue weighted by molar-refractivity contribution is 5.34. The second-order valence-corrected chi connectivity index (χ2v) is 6.19. The molecular weight excluding hydrogens is 253 g/mol. The first kappa shape index (κ1) is 15.3. The molecule has 0 radical (unpaired) electrons. The summed E-state index contributed by atoms with van der Waals surface area (Å²) in [4.78, 5) is 0. The molecule has 2 nitrogen and oxygen atoms in total. The molecule has 1 fully saturated rings. The molecule has 0 spiro atoms. The Balaban J connectivity index is 2.07. The number of ether oxygens (including phenoxy) is 1. The van der Waals surface area contributed by atoms with Crippen molar-refractivity contribution in [2.24, 2.45) is 11.8 Å². The summed E-state index contributed by atoms with van der Waals surface area (Å²) in [5.41, 5.74) is 0.915. The minimum absolute atomic E-state index is 0.198. The van der Waals surface area contributed by atoms with Gasteiger partial charge in [-0.2, -0.15) is 0 Å². The second kappa shape index (κ2) is 7.07. The molecule has 0 aromatic heterocycles. The first-order valence-corrected chi connectivity index (χ1v) is 7.74. The summed E-state index contributed by atoms with van der Waals surface area (Å²) in [6.45, 7) is 8.14. The van der Waals surface area contributed by atoms with E-state index in [0.29, 0.717) is 18.4 Å². The van der Waals surface area contributed by atoms with Crippen LogP contribution in [0.15, 0.2) is 18.2 Å². The first-order chi connectivity index (χ1) is 9.58. The van der Waals surface area contributed by atoms with Crippen molar-refractivity contribution < 1.29 is 9.13 Å². The highest BCUT2D eigenvalue weighted by Gasteiger charge is 2.25. The molecule has 2 rings (SSSR count). The summed E-state index contributed by atoms with van der Waals surface area (Å²) in [5.74, 6) is 2.05. The topological polar surface area (TPSA) is 21.3 Å². The smallest absolute Gasteiger partial charge is 0.124 e. The molecule has 0 aliphatic heterocycles. The van der Waals surface area contributed by atoms with Crippen molar-refractivity contribution in [3.63, 3.8) is 0 Å². The maximum absolute atomic E-state index is 13.4. The van der Waals surface area contributed by atoms with Gasteiger partial charge in [-0.1, -0.05) is 20.8 Å². The molecule has 0 amide bonds. The van der Waals surface area contributed by atoms with Gasteiger partial charge in [-0.15, -0.1) is 0 Å². The van der Waals surface area contributed by atoms with E-state index in [4.69, 9.17) is 4.74 Å². The van der Waals surface area contributed by atoms with E-state index >= 15 is 0 Å². The maximum Gasteiger partial charge on any atom is 0.124 e. The maximum atomic E-state index is 13.4. The van der Waals surface area contributed by atoms with Crippen LogP contribution in [0.5, 0.6) is 5.75 Å². The second-order valence-electron chi connectivity index (χ2n) is 6.19. The van der Waals surface area contributed by atoms with Gasteiger partial charge in [-0.05, 0) is 55.8 Å². The van der Waals surface area contributed by atoms with Gasteiger partial charge in [-0.3, -0.25) is 0 Å². The first-order valence-electron chi connectivity index (χ1n) is 7.74. The van der Waals surface area contributed by atoms with Crippen molar-refractivity contribution in [1.82, 2.24) is 5.32 Å². The third-order valence-corrected chi connectivity index (χ3v) is 4.02. The lowest BCUT2D eigenvalue weighted by Crippen LogP contribution is -2.29. The summed E-state index contributed by atoms with van der Waals surface area (Å²) in [5, 5.41) is 3.24. The fourth-order valence-electron chi connectivity index (χ4n) is 3.21. The molecule has 0 saturated heterocycles. The van der Waals surface area contributed by atoms with Gasteiger partial charge < -0.3 is 10.1 Å². The van der Waals surface area contributed by atoms with Gasteiger partial charge >= 0.3 is 0 Å². The predicted molar refractivity (Wildman–Crippen MR) is 80.4 cm³/mol.